The van der Waals surface area contributed by atoms with Gasteiger partial charge in [0.05, 0.1) is 17.8 Å². The molecule has 0 heterocycles. The standard InChI is InChI=1S/C23H20Cl2FNO5S/c1-2-31-27-15-17-5-3-16(4-6-17)9-10-30-20-11-18(24)12-21(14-20)32-33(28,29)23-8-7-19(26)13-22(23)25/h3-8,11-15H,2,9-10H2,1H3. The van der Waals surface area contributed by atoms with Crippen LogP contribution in [0, 0.1) is 5.82 Å². The molecule has 3 aromatic carbocycles. The zero-order valence-corrected chi connectivity index (χ0v) is 19.8. The van der Waals surface area contributed by atoms with Crippen LogP contribution in [0.2, 0.25) is 10.0 Å². The molecule has 0 amide bonds. The highest BCUT2D eigenvalue weighted by molar-refractivity contribution is 7.87. The first-order valence-corrected chi connectivity index (χ1v) is 12.0. The van der Waals surface area contributed by atoms with Gasteiger partial charge in [0.1, 0.15) is 28.8 Å². The zero-order chi connectivity index (χ0) is 23.8. The fourth-order valence-corrected chi connectivity index (χ4v) is 4.39. The molecule has 3 rings (SSSR count). The lowest BCUT2D eigenvalue weighted by Gasteiger charge is -2.11. The fraction of sp³-hybridized carbons (Fsp3) is 0.174. The van der Waals surface area contributed by atoms with Gasteiger partial charge in [-0.15, -0.1) is 0 Å². The van der Waals surface area contributed by atoms with E-state index in [1.165, 1.54) is 12.1 Å². The average molecular weight is 512 g/mol. The van der Waals surface area contributed by atoms with Crippen molar-refractivity contribution in [1.82, 2.24) is 0 Å². The molecular formula is C23H20Cl2FNO5S. The first kappa shape index (κ1) is 24.8. The molecule has 10 heteroatoms. The van der Waals surface area contributed by atoms with E-state index in [0.717, 1.165) is 29.3 Å². The molecule has 0 aliphatic heterocycles. The highest BCUT2D eigenvalue weighted by Crippen LogP contribution is 2.30. The monoisotopic (exact) mass is 511 g/mol. The van der Waals surface area contributed by atoms with Gasteiger partial charge < -0.3 is 13.8 Å². The van der Waals surface area contributed by atoms with Crippen molar-refractivity contribution >= 4 is 39.5 Å². The number of rotatable bonds is 10. The van der Waals surface area contributed by atoms with Crippen molar-refractivity contribution in [3.8, 4) is 11.5 Å². The lowest BCUT2D eigenvalue weighted by molar-refractivity contribution is 0.160. The second-order valence-electron chi connectivity index (χ2n) is 6.73. The van der Waals surface area contributed by atoms with E-state index in [9.17, 15) is 12.8 Å². The predicted octanol–water partition coefficient (Wildman–Crippen LogP) is 5.89. The summed E-state index contributed by atoms with van der Waals surface area (Å²) in [7, 11) is -4.30. The van der Waals surface area contributed by atoms with Crippen molar-refractivity contribution in [2.24, 2.45) is 5.16 Å². The van der Waals surface area contributed by atoms with E-state index >= 15 is 0 Å². The van der Waals surface area contributed by atoms with Crippen molar-refractivity contribution in [2.75, 3.05) is 13.2 Å². The van der Waals surface area contributed by atoms with Crippen molar-refractivity contribution in [3.05, 3.63) is 87.7 Å². The fourth-order valence-electron chi connectivity index (χ4n) is 2.75. The van der Waals surface area contributed by atoms with Gasteiger partial charge in [0.25, 0.3) is 0 Å². The lowest BCUT2D eigenvalue weighted by Crippen LogP contribution is -2.11. The Hall–Kier alpha value is -2.81. The smallest absolute Gasteiger partial charge is 0.340 e. The number of nitrogens with zero attached hydrogens (tertiary/aromatic N) is 1. The Kier molecular flexibility index (Phi) is 8.55. The molecule has 6 nitrogen and oxygen atoms in total. The summed E-state index contributed by atoms with van der Waals surface area (Å²) in [5, 5.41) is 3.76. The summed E-state index contributed by atoms with van der Waals surface area (Å²) >= 11 is 11.9. The van der Waals surface area contributed by atoms with E-state index in [4.69, 9.17) is 37.0 Å². The second-order valence-corrected chi connectivity index (χ2v) is 9.09. The maximum atomic E-state index is 13.2. The Balaban J connectivity index is 1.63. The predicted molar refractivity (Wildman–Crippen MR) is 126 cm³/mol. The molecule has 3 aromatic rings. The first-order chi connectivity index (χ1) is 15.8. The summed E-state index contributed by atoms with van der Waals surface area (Å²) in [6, 6.07) is 14.9. The van der Waals surface area contributed by atoms with Crippen LogP contribution in [-0.4, -0.2) is 27.8 Å². The average Bonchev–Trinajstić information content (AvgIpc) is 2.74. The molecule has 0 atom stereocenters. The molecule has 0 bridgehead atoms. The van der Waals surface area contributed by atoms with Gasteiger partial charge in [-0.05, 0) is 42.3 Å². The Morgan fingerprint density at radius 3 is 2.42 bits per heavy atom. The van der Waals surface area contributed by atoms with Gasteiger partial charge in [-0.1, -0.05) is 52.6 Å². The summed E-state index contributed by atoms with van der Waals surface area (Å²) < 4.78 is 49.1. The third-order valence-electron chi connectivity index (χ3n) is 4.26. The highest BCUT2D eigenvalue weighted by Gasteiger charge is 2.21. The van der Waals surface area contributed by atoms with E-state index in [1.807, 2.05) is 31.2 Å². The molecule has 0 saturated heterocycles. The molecule has 0 aliphatic carbocycles. The first-order valence-electron chi connectivity index (χ1n) is 9.84. The van der Waals surface area contributed by atoms with Crippen LogP contribution in [0.5, 0.6) is 11.5 Å². The van der Waals surface area contributed by atoms with Crippen LogP contribution in [0.15, 0.2) is 70.7 Å². The number of halogens is 3. The molecule has 0 radical (unpaired) electrons. The van der Waals surface area contributed by atoms with Gasteiger partial charge in [0, 0.05) is 23.6 Å². The van der Waals surface area contributed by atoms with Crippen LogP contribution in [0.3, 0.4) is 0 Å². The molecule has 0 unspecified atom stereocenters. The van der Waals surface area contributed by atoms with Crippen LogP contribution in [0.1, 0.15) is 18.1 Å². The summed E-state index contributed by atoms with van der Waals surface area (Å²) in [5.74, 6) is -0.389. The Bertz CT molecular complexity index is 1230. The SMILES string of the molecule is CCON=Cc1ccc(CCOc2cc(Cl)cc(OS(=O)(=O)c3ccc(F)cc3Cl)c2)cc1. The maximum absolute atomic E-state index is 13.2. The Labute approximate surface area is 201 Å². The van der Waals surface area contributed by atoms with Crippen LogP contribution in [0.25, 0.3) is 0 Å². The molecule has 0 spiro atoms. The molecule has 0 aromatic heterocycles. The number of ether oxygens (including phenoxy) is 1. The number of oxime groups is 1. The van der Waals surface area contributed by atoms with E-state index in [-0.39, 0.29) is 20.7 Å². The number of hydrogen-bond donors (Lipinski definition) is 0. The molecule has 0 N–H and O–H groups in total. The largest absolute Gasteiger partial charge is 0.493 e. The van der Waals surface area contributed by atoms with Crippen molar-refractivity contribution < 1.29 is 26.6 Å². The van der Waals surface area contributed by atoms with Crippen LogP contribution in [-0.2, 0) is 21.4 Å². The van der Waals surface area contributed by atoms with E-state index in [2.05, 4.69) is 5.16 Å². The van der Waals surface area contributed by atoms with Crippen molar-refractivity contribution in [2.45, 2.75) is 18.2 Å². The lowest BCUT2D eigenvalue weighted by atomic mass is 10.1. The van der Waals surface area contributed by atoms with Gasteiger partial charge in [-0.2, -0.15) is 8.42 Å². The summed E-state index contributed by atoms with van der Waals surface area (Å²) in [4.78, 5) is 4.58. The number of benzene rings is 3. The number of hydrogen-bond acceptors (Lipinski definition) is 6. The van der Waals surface area contributed by atoms with Gasteiger partial charge in [-0.3, -0.25) is 0 Å². The normalized spacial score (nSPS) is 11.5. The second kappa shape index (κ2) is 11.4. The van der Waals surface area contributed by atoms with Crippen LogP contribution in [0.4, 0.5) is 4.39 Å². The highest BCUT2D eigenvalue weighted by atomic mass is 35.5. The van der Waals surface area contributed by atoms with Gasteiger partial charge in [-0.25, -0.2) is 4.39 Å². The third kappa shape index (κ3) is 7.35. The maximum Gasteiger partial charge on any atom is 0.340 e. The van der Waals surface area contributed by atoms with E-state index in [0.29, 0.717) is 25.4 Å². The topological polar surface area (TPSA) is 74.2 Å². The van der Waals surface area contributed by atoms with Gasteiger partial charge in [0.2, 0.25) is 0 Å². The van der Waals surface area contributed by atoms with Crippen LogP contribution >= 0.6 is 23.2 Å². The zero-order valence-electron chi connectivity index (χ0n) is 17.5. The molecule has 0 fully saturated rings. The Morgan fingerprint density at radius 1 is 1.00 bits per heavy atom. The summed E-state index contributed by atoms with van der Waals surface area (Å²) in [5.41, 5.74) is 1.95. The minimum Gasteiger partial charge on any atom is -0.493 e. The quantitative estimate of drug-likeness (QED) is 0.192. The van der Waals surface area contributed by atoms with Crippen molar-refractivity contribution in [1.29, 1.82) is 0 Å². The molecule has 0 saturated carbocycles. The summed E-state index contributed by atoms with van der Waals surface area (Å²) in [6.45, 7) is 2.69. The minimum atomic E-state index is -4.30. The van der Waals surface area contributed by atoms with Crippen molar-refractivity contribution in [3.63, 3.8) is 0 Å². The molecular weight excluding hydrogens is 492 g/mol. The summed E-state index contributed by atoms with van der Waals surface area (Å²) in [6.07, 6.45) is 2.24. The van der Waals surface area contributed by atoms with E-state index < -0.39 is 15.9 Å². The molecule has 33 heavy (non-hydrogen) atoms. The van der Waals surface area contributed by atoms with Crippen LogP contribution < -0.4 is 8.92 Å². The third-order valence-corrected chi connectivity index (χ3v) is 6.21. The molecule has 0 aliphatic rings. The Morgan fingerprint density at radius 2 is 1.73 bits per heavy atom. The van der Waals surface area contributed by atoms with Gasteiger partial charge in [0.15, 0.2) is 0 Å². The van der Waals surface area contributed by atoms with E-state index in [1.54, 1.807) is 12.3 Å². The van der Waals surface area contributed by atoms with Gasteiger partial charge >= 0.3 is 10.1 Å². The molecule has 174 valence electrons. The minimum absolute atomic E-state index is 0.0594.